The Hall–Kier alpha value is -0.0800. The summed E-state index contributed by atoms with van der Waals surface area (Å²) in [5.74, 6) is 0.774. The first-order valence-electron chi connectivity index (χ1n) is 5.12. The molecule has 0 aliphatic rings. The van der Waals surface area contributed by atoms with Gasteiger partial charge >= 0.3 is 0 Å². The average molecular weight is 172 g/mol. The van der Waals surface area contributed by atoms with Crippen LogP contribution in [0.1, 0.15) is 46.5 Å². The van der Waals surface area contributed by atoms with Gasteiger partial charge in [-0.1, -0.05) is 33.1 Å². The summed E-state index contributed by atoms with van der Waals surface area (Å²) in [6.07, 6.45) is 4.86. The Kier molecular flexibility index (Phi) is 6.39. The molecule has 0 radical (unpaired) electrons. The molecule has 3 atom stereocenters. The van der Waals surface area contributed by atoms with E-state index in [1.165, 1.54) is 19.3 Å². The van der Waals surface area contributed by atoms with Gasteiger partial charge in [-0.05, 0) is 19.3 Å². The summed E-state index contributed by atoms with van der Waals surface area (Å²) in [4.78, 5) is 0. The molecule has 0 saturated heterocycles. The molecule has 0 spiro atoms. The Morgan fingerprint density at radius 1 is 1.17 bits per heavy atom. The highest BCUT2D eigenvalue weighted by Crippen LogP contribution is 2.17. The van der Waals surface area contributed by atoms with Crippen LogP contribution in [0, 0.1) is 5.92 Å². The van der Waals surface area contributed by atoms with Gasteiger partial charge < -0.3 is 11.5 Å². The molecular formula is C10H24N2. The van der Waals surface area contributed by atoms with E-state index in [9.17, 15) is 0 Å². The molecule has 0 bridgehead atoms. The van der Waals surface area contributed by atoms with Gasteiger partial charge in [0.15, 0.2) is 0 Å². The number of nitrogens with two attached hydrogens (primary N) is 2. The van der Waals surface area contributed by atoms with Crippen molar-refractivity contribution in [3.05, 3.63) is 0 Å². The third-order valence-corrected chi connectivity index (χ3v) is 2.56. The number of hydrogen-bond acceptors (Lipinski definition) is 2. The predicted octanol–water partition coefficient (Wildman–Crippen LogP) is 1.88. The van der Waals surface area contributed by atoms with Crippen LogP contribution in [0.2, 0.25) is 0 Å². The standard InChI is InChI=1S/C10H24N2/c1-4-6-9(5-2)7-10(12)8(3)11/h8-10H,4-7,11-12H2,1-3H3. The van der Waals surface area contributed by atoms with E-state index in [-0.39, 0.29) is 12.1 Å². The minimum atomic E-state index is 0.135. The lowest BCUT2D eigenvalue weighted by atomic mass is 9.91. The largest absolute Gasteiger partial charge is 0.327 e. The second-order valence-corrected chi connectivity index (χ2v) is 3.82. The van der Waals surface area contributed by atoms with E-state index in [1.807, 2.05) is 6.92 Å². The van der Waals surface area contributed by atoms with Crippen LogP contribution >= 0.6 is 0 Å². The van der Waals surface area contributed by atoms with Crippen LogP contribution in [0.15, 0.2) is 0 Å². The molecule has 3 unspecified atom stereocenters. The topological polar surface area (TPSA) is 52.0 Å². The van der Waals surface area contributed by atoms with Crippen molar-refractivity contribution in [3.8, 4) is 0 Å². The van der Waals surface area contributed by atoms with Crippen LogP contribution in [-0.2, 0) is 0 Å². The molecule has 0 aromatic carbocycles. The zero-order valence-corrected chi connectivity index (χ0v) is 8.72. The van der Waals surface area contributed by atoms with E-state index in [1.54, 1.807) is 0 Å². The van der Waals surface area contributed by atoms with Gasteiger partial charge in [-0.2, -0.15) is 0 Å². The van der Waals surface area contributed by atoms with Crippen LogP contribution < -0.4 is 11.5 Å². The monoisotopic (exact) mass is 172 g/mol. The van der Waals surface area contributed by atoms with E-state index in [4.69, 9.17) is 11.5 Å². The quantitative estimate of drug-likeness (QED) is 0.642. The van der Waals surface area contributed by atoms with Crippen molar-refractivity contribution in [3.63, 3.8) is 0 Å². The van der Waals surface area contributed by atoms with Crippen LogP contribution in [0.25, 0.3) is 0 Å². The maximum Gasteiger partial charge on any atom is 0.0192 e. The Bertz CT molecular complexity index is 102. The molecule has 0 fully saturated rings. The van der Waals surface area contributed by atoms with Gasteiger partial charge in [-0.3, -0.25) is 0 Å². The summed E-state index contributed by atoms with van der Waals surface area (Å²) >= 11 is 0. The summed E-state index contributed by atoms with van der Waals surface area (Å²) in [7, 11) is 0. The first-order chi connectivity index (χ1) is 5.61. The molecule has 0 saturated carbocycles. The lowest BCUT2D eigenvalue weighted by molar-refractivity contribution is 0.369. The van der Waals surface area contributed by atoms with Gasteiger partial charge in [-0.15, -0.1) is 0 Å². The molecule has 74 valence electrons. The highest BCUT2D eigenvalue weighted by atomic mass is 14.8. The van der Waals surface area contributed by atoms with Crippen molar-refractivity contribution in [2.24, 2.45) is 17.4 Å². The first kappa shape index (κ1) is 11.9. The zero-order chi connectivity index (χ0) is 9.56. The molecule has 2 nitrogen and oxygen atoms in total. The van der Waals surface area contributed by atoms with Crippen LogP contribution in [-0.4, -0.2) is 12.1 Å². The van der Waals surface area contributed by atoms with Gasteiger partial charge in [0.2, 0.25) is 0 Å². The van der Waals surface area contributed by atoms with Crippen molar-refractivity contribution < 1.29 is 0 Å². The van der Waals surface area contributed by atoms with Crippen molar-refractivity contribution in [2.75, 3.05) is 0 Å². The SMILES string of the molecule is CCCC(CC)CC(N)C(C)N. The second-order valence-electron chi connectivity index (χ2n) is 3.82. The predicted molar refractivity (Wildman–Crippen MR) is 54.9 cm³/mol. The Balaban J connectivity index is 3.68. The van der Waals surface area contributed by atoms with Gasteiger partial charge in [-0.25, -0.2) is 0 Å². The van der Waals surface area contributed by atoms with E-state index in [2.05, 4.69) is 13.8 Å². The fourth-order valence-corrected chi connectivity index (χ4v) is 1.50. The minimum Gasteiger partial charge on any atom is -0.327 e. The molecule has 0 heterocycles. The van der Waals surface area contributed by atoms with Crippen LogP contribution in [0.3, 0.4) is 0 Å². The Labute approximate surface area is 76.7 Å². The molecule has 0 rings (SSSR count). The van der Waals surface area contributed by atoms with Crippen molar-refractivity contribution in [1.82, 2.24) is 0 Å². The third-order valence-electron chi connectivity index (χ3n) is 2.56. The van der Waals surface area contributed by atoms with Crippen LogP contribution in [0.4, 0.5) is 0 Å². The molecule has 0 aliphatic heterocycles. The van der Waals surface area contributed by atoms with E-state index in [0.29, 0.717) is 0 Å². The molecule has 0 aliphatic carbocycles. The average Bonchev–Trinajstić information content (AvgIpc) is 2.03. The minimum absolute atomic E-state index is 0.135. The van der Waals surface area contributed by atoms with Gasteiger partial charge in [0.05, 0.1) is 0 Å². The number of hydrogen-bond donors (Lipinski definition) is 2. The molecule has 12 heavy (non-hydrogen) atoms. The van der Waals surface area contributed by atoms with Gasteiger partial charge in [0.1, 0.15) is 0 Å². The Morgan fingerprint density at radius 2 is 1.75 bits per heavy atom. The Morgan fingerprint density at radius 3 is 2.08 bits per heavy atom. The fourth-order valence-electron chi connectivity index (χ4n) is 1.50. The van der Waals surface area contributed by atoms with E-state index in [0.717, 1.165) is 12.3 Å². The van der Waals surface area contributed by atoms with Gasteiger partial charge in [0, 0.05) is 12.1 Å². The smallest absolute Gasteiger partial charge is 0.0192 e. The van der Waals surface area contributed by atoms with Crippen LogP contribution in [0.5, 0.6) is 0 Å². The van der Waals surface area contributed by atoms with Crippen molar-refractivity contribution in [1.29, 1.82) is 0 Å². The molecule has 2 heteroatoms. The molecule has 0 amide bonds. The maximum atomic E-state index is 5.90. The highest BCUT2D eigenvalue weighted by Gasteiger charge is 2.13. The summed E-state index contributed by atoms with van der Waals surface area (Å²) in [5, 5.41) is 0. The van der Waals surface area contributed by atoms with E-state index < -0.39 is 0 Å². The lowest BCUT2D eigenvalue weighted by Gasteiger charge is -2.21. The number of rotatable bonds is 6. The molecule has 4 N–H and O–H groups in total. The highest BCUT2D eigenvalue weighted by molar-refractivity contribution is 4.74. The summed E-state index contributed by atoms with van der Waals surface area (Å²) in [5.41, 5.74) is 11.6. The molecule has 0 aromatic heterocycles. The van der Waals surface area contributed by atoms with Crippen molar-refractivity contribution >= 4 is 0 Å². The second kappa shape index (κ2) is 6.44. The summed E-state index contributed by atoms with van der Waals surface area (Å²) in [6, 6.07) is 0.317. The maximum absolute atomic E-state index is 5.90. The molecule has 0 aromatic rings. The first-order valence-corrected chi connectivity index (χ1v) is 5.12. The van der Waals surface area contributed by atoms with Gasteiger partial charge in [0.25, 0.3) is 0 Å². The summed E-state index contributed by atoms with van der Waals surface area (Å²) < 4.78 is 0. The third kappa shape index (κ3) is 4.73. The summed E-state index contributed by atoms with van der Waals surface area (Å²) in [6.45, 7) is 6.44. The zero-order valence-electron chi connectivity index (χ0n) is 8.72. The fraction of sp³-hybridized carbons (Fsp3) is 1.00. The molecular weight excluding hydrogens is 148 g/mol. The lowest BCUT2D eigenvalue weighted by Crippen LogP contribution is -2.40. The van der Waals surface area contributed by atoms with Crippen molar-refractivity contribution in [2.45, 2.75) is 58.5 Å². The van der Waals surface area contributed by atoms with E-state index >= 15 is 0 Å². The normalized spacial score (nSPS) is 18.8.